The Morgan fingerprint density at radius 3 is 2.29 bits per heavy atom. The first-order valence-corrected chi connectivity index (χ1v) is 10.5. The van der Waals surface area contributed by atoms with Crippen molar-refractivity contribution in [3.63, 3.8) is 0 Å². The second kappa shape index (κ2) is 11.7. The van der Waals surface area contributed by atoms with Crippen LogP contribution >= 0.6 is 0 Å². The second-order valence-electron chi connectivity index (χ2n) is 6.73. The molecule has 2 aliphatic rings. The van der Waals surface area contributed by atoms with E-state index in [1.54, 1.807) is 18.6 Å². The van der Waals surface area contributed by atoms with Gasteiger partial charge in [-0.3, -0.25) is 14.5 Å². The number of aromatic nitrogens is 2. The van der Waals surface area contributed by atoms with Crippen LogP contribution in [0, 0.1) is 11.8 Å². The molecule has 1 aromatic rings. The number of rotatable bonds is 2. The van der Waals surface area contributed by atoms with Crippen LogP contribution in [0.25, 0.3) is 0 Å². The van der Waals surface area contributed by atoms with Crippen molar-refractivity contribution < 1.29 is 34.6 Å². The molecule has 1 aliphatic heterocycles. The molecule has 0 amide bonds. The number of fused-ring (bicyclic) bond motifs is 3. The van der Waals surface area contributed by atoms with Crippen LogP contribution in [0.4, 0.5) is 0 Å². The van der Waals surface area contributed by atoms with E-state index in [1.807, 2.05) is 6.92 Å². The van der Waals surface area contributed by atoms with Crippen molar-refractivity contribution in [2.75, 3.05) is 13.1 Å². The Bertz CT molecular complexity index is 754. The van der Waals surface area contributed by atoms with E-state index in [-0.39, 0.29) is 17.1 Å². The quantitative estimate of drug-likeness (QED) is 0.132. The van der Waals surface area contributed by atoms with E-state index in [1.165, 1.54) is 32.1 Å². The minimum Gasteiger partial charge on any atom is -0.741 e. The van der Waals surface area contributed by atoms with Gasteiger partial charge in [0.1, 0.15) is 5.69 Å². The first-order valence-electron chi connectivity index (χ1n) is 8.71. The largest absolute Gasteiger partial charge is 2.00 e. The standard InChI is InChI=1S/C16H23N5S.Fe.H2O4S/c1-12(15-9-17-7-8-18-15)19-20-16(22)21-10-13-3-2-4-14(11-21)6-5-13;;1-5(2,3)4/h7-9,13-14H,2-6,10-11H2,1H3,(H,20,22);;(H2,1,2,3,4)/q;+2;/p-2/b19-12+;;/t13-,14+;;. The van der Waals surface area contributed by atoms with Gasteiger partial charge in [0.05, 0.1) is 11.9 Å². The summed E-state index contributed by atoms with van der Waals surface area (Å²) in [4.78, 5) is 10.5. The summed E-state index contributed by atoms with van der Waals surface area (Å²) in [6.45, 7) is 3.96. The van der Waals surface area contributed by atoms with Crippen LogP contribution in [0.5, 0.6) is 0 Å². The molecule has 1 N–H and O–H groups in total. The number of nitrogens with zero attached hydrogens (tertiary/aromatic N) is 5. The van der Waals surface area contributed by atoms with E-state index in [0.29, 0.717) is 5.17 Å². The van der Waals surface area contributed by atoms with E-state index < -0.39 is 10.4 Å². The van der Waals surface area contributed by atoms with Crippen molar-refractivity contribution in [3.05, 3.63) is 24.3 Å². The molecule has 1 aromatic heterocycles. The normalized spacial score (nSPS) is 23.0. The average Bonchev–Trinajstić information content (AvgIpc) is 2.93. The maximum Gasteiger partial charge on any atom is 2.00 e. The Balaban J connectivity index is 0.000000584. The molecule has 12 heteroatoms. The van der Waals surface area contributed by atoms with Crippen molar-refractivity contribution in [3.8, 4) is 0 Å². The first kappa shape index (κ1) is 24.9. The fourth-order valence-corrected chi connectivity index (χ4v) is 3.58. The van der Waals surface area contributed by atoms with Crippen molar-refractivity contribution in [1.29, 1.82) is 0 Å². The predicted molar refractivity (Wildman–Crippen MR) is 103 cm³/mol. The van der Waals surface area contributed by atoms with Crippen LogP contribution < -0.4 is 0 Å². The molecule has 1 saturated heterocycles. The zero-order valence-corrected chi connectivity index (χ0v) is 18.2. The smallest absolute Gasteiger partial charge is 0.741 e. The molecular weight excluding hydrogens is 446 g/mol. The van der Waals surface area contributed by atoms with Gasteiger partial charge in [-0.2, -0.15) is 10.2 Å². The second-order valence-corrected chi connectivity index (χ2v) is 7.95. The average molecular weight is 469 g/mol. The molecule has 0 aromatic carbocycles. The zero-order valence-electron chi connectivity index (χ0n) is 15.4. The van der Waals surface area contributed by atoms with Gasteiger partial charge < -0.3 is 22.1 Å². The van der Waals surface area contributed by atoms with Gasteiger partial charge >= 0.3 is 17.1 Å². The van der Waals surface area contributed by atoms with Crippen molar-refractivity contribution in [2.24, 2.45) is 22.0 Å². The van der Waals surface area contributed by atoms with Crippen LogP contribution in [0.15, 0.2) is 28.8 Å². The van der Waals surface area contributed by atoms with Gasteiger partial charge in [-0.15, -0.1) is 0 Å². The van der Waals surface area contributed by atoms with Crippen LogP contribution in [0.3, 0.4) is 0 Å². The molecule has 3 rings (SSSR count). The van der Waals surface area contributed by atoms with Gasteiger partial charge in [0.15, 0.2) is 0 Å². The molecule has 156 valence electrons. The summed E-state index contributed by atoms with van der Waals surface area (Å²) in [7, 11) is -4.92. The number of hydrogen-bond donors (Lipinski definition) is 1. The zero-order chi connectivity index (χ0) is 19.9. The van der Waals surface area contributed by atoms with Gasteiger partial charge in [0.25, 0.3) is 0 Å². The number of amidine groups is 1. The third-order valence-corrected chi connectivity index (χ3v) is 4.99. The molecule has 2 bridgehead atoms. The molecule has 2 fully saturated rings. The third-order valence-electron chi connectivity index (χ3n) is 4.66. The summed E-state index contributed by atoms with van der Waals surface area (Å²) >= 11 is 5.50. The Hall–Kier alpha value is -1.17. The van der Waals surface area contributed by atoms with Crippen LogP contribution in [0.2, 0.25) is 0 Å². The predicted octanol–water partition coefficient (Wildman–Crippen LogP) is 1.62. The van der Waals surface area contributed by atoms with Crippen LogP contribution in [-0.4, -0.2) is 56.4 Å². The topological polar surface area (TPSA) is 131 Å². The third kappa shape index (κ3) is 9.35. The summed E-state index contributed by atoms with van der Waals surface area (Å²) in [5, 5.41) is 9.13. The fraction of sp³-hybridized carbons (Fsp3) is 0.625. The number of likely N-dealkylation sites (tertiary alicyclic amines) is 1. The van der Waals surface area contributed by atoms with Crippen molar-refractivity contribution in [1.82, 2.24) is 14.9 Å². The molecule has 0 radical (unpaired) electrons. The van der Waals surface area contributed by atoms with Gasteiger partial charge in [0.2, 0.25) is 10.4 Å². The van der Waals surface area contributed by atoms with E-state index >= 15 is 0 Å². The molecule has 2 atom stereocenters. The SMILES string of the molecule is C/C(=N\N=C(/[S-])N1C[C@@H]2CCC[C@@H](CC2)C1)c1cnccn1.O=S(=O)([O-])O.[Fe+2]. The minimum absolute atomic E-state index is 0. The van der Waals surface area contributed by atoms with E-state index in [2.05, 4.69) is 25.1 Å². The van der Waals surface area contributed by atoms with Crippen LogP contribution in [0.1, 0.15) is 44.7 Å². The minimum atomic E-state index is -4.92. The van der Waals surface area contributed by atoms with Crippen molar-refractivity contribution in [2.45, 2.75) is 39.0 Å². The van der Waals surface area contributed by atoms with Gasteiger partial charge in [-0.1, -0.05) is 6.42 Å². The molecular formula is C16H23FeN5O4S2. The Kier molecular flexibility index (Phi) is 10.4. The molecule has 1 saturated carbocycles. The van der Waals surface area contributed by atoms with E-state index in [0.717, 1.165) is 36.3 Å². The summed E-state index contributed by atoms with van der Waals surface area (Å²) in [5.74, 6) is 1.54. The van der Waals surface area contributed by atoms with E-state index in [4.69, 9.17) is 30.2 Å². The molecule has 1 aliphatic carbocycles. The van der Waals surface area contributed by atoms with Crippen LogP contribution in [-0.2, 0) is 40.1 Å². The summed E-state index contributed by atoms with van der Waals surface area (Å²) < 4.78 is 32.8. The molecule has 9 nitrogen and oxygen atoms in total. The Morgan fingerprint density at radius 1 is 1.21 bits per heavy atom. The van der Waals surface area contributed by atoms with Gasteiger partial charge in [-0.05, 0) is 44.4 Å². The Morgan fingerprint density at radius 2 is 1.79 bits per heavy atom. The fourth-order valence-electron chi connectivity index (χ4n) is 3.39. The molecule has 28 heavy (non-hydrogen) atoms. The maximum atomic E-state index is 8.63. The molecule has 0 spiro atoms. The number of hydrogen-bond acceptors (Lipinski definition) is 8. The first-order chi connectivity index (χ1) is 12.7. The van der Waals surface area contributed by atoms with Gasteiger partial charge in [-0.25, -0.2) is 8.42 Å². The maximum absolute atomic E-state index is 8.63. The summed E-state index contributed by atoms with van der Waals surface area (Å²) in [6, 6.07) is 0. The Labute approximate surface area is 181 Å². The summed E-state index contributed by atoms with van der Waals surface area (Å²) in [6.07, 6.45) is 11.7. The summed E-state index contributed by atoms with van der Waals surface area (Å²) in [5.41, 5.74) is 1.48. The van der Waals surface area contributed by atoms with Crippen molar-refractivity contribution >= 4 is 33.9 Å². The molecule has 2 heterocycles. The monoisotopic (exact) mass is 469 g/mol. The van der Waals surface area contributed by atoms with E-state index in [9.17, 15) is 0 Å². The molecule has 0 unspecified atom stereocenters. The van der Waals surface area contributed by atoms with Gasteiger partial charge in [0, 0.05) is 30.7 Å².